The second-order valence-electron chi connectivity index (χ2n) is 4.39. The summed E-state index contributed by atoms with van der Waals surface area (Å²) in [4.78, 5) is 13.1. The summed E-state index contributed by atoms with van der Waals surface area (Å²) in [5.74, 6) is 0.00136. The highest BCUT2D eigenvalue weighted by Gasteiger charge is 2.28. The molecule has 0 unspecified atom stereocenters. The SMILES string of the molecule is COc1cc(N)c(C(=O)N(C)CCC(F)(F)F)cc1OC. The Hall–Kier alpha value is -2.12. The van der Waals surface area contributed by atoms with E-state index in [2.05, 4.69) is 0 Å². The van der Waals surface area contributed by atoms with Crippen LogP contribution < -0.4 is 15.2 Å². The van der Waals surface area contributed by atoms with Gasteiger partial charge in [0.15, 0.2) is 11.5 Å². The van der Waals surface area contributed by atoms with E-state index in [-0.39, 0.29) is 17.0 Å². The Morgan fingerprint density at radius 1 is 1.24 bits per heavy atom. The summed E-state index contributed by atoms with van der Waals surface area (Å²) in [7, 11) is 4.08. The highest BCUT2D eigenvalue weighted by Crippen LogP contribution is 2.32. The van der Waals surface area contributed by atoms with Crippen LogP contribution in [0.5, 0.6) is 11.5 Å². The first-order valence-corrected chi connectivity index (χ1v) is 6.03. The summed E-state index contributed by atoms with van der Waals surface area (Å²) >= 11 is 0. The van der Waals surface area contributed by atoms with Crippen molar-refractivity contribution in [1.82, 2.24) is 4.90 Å². The van der Waals surface area contributed by atoms with Gasteiger partial charge in [0.2, 0.25) is 0 Å². The topological polar surface area (TPSA) is 64.8 Å². The maximum absolute atomic E-state index is 12.2. The van der Waals surface area contributed by atoms with Crippen LogP contribution in [0.1, 0.15) is 16.8 Å². The summed E-state index contributed by atoms with van der Waals surface area (Å²) < 4.78 is 46.6. The summed E-state index contributed by atoms with van der Waals surface area (Å²) in [5.41, 5.74) is 5.91. The third-order valence-corrected chi connectivity index (χ3v) is 2.86. The average Bonchev–Trinajstić information content (AvgIpc) is 2.42. The molecule has 2 N–H and O–H groups in total. The fourth-order valence-corrected chi connectivity index (χ4v) is 1.68. The number of carbonyl (C=O) groups is 1. The number of benzene rings is 1. The number of anilines is 1. The predicted octanol–water partition coefficient (Wildman–Crippen LogP) is 2.31. The highest BCUT2D eigenvalue weighted by molar-refractivity contribution is 5.99. The minimum absolute atomic E-state index is 0.0670. The molecule has 1 aromatic rings. The summed E-state index contributed by atoms with van der Waals surface area (Å²) in [6, 6.07) is 2.74. The fraction of sp³-hybridized carbons (Fsp3) is 0.462. The number of hydrogen-bond donors (Lipinski definition) is 1. The molecule has 1 amide bonds. The van der Waals surface area contributed by atoms with Crippen LogP contribution in [0.4, 0.5) is 18.9 Å². The zero-order valence-corrected chi connectivity index (χ0v) is 12.0. The second-order valence-corrected chi connectivity index (χ2v) is 4.39. The summed E-state index contributed by atoms with van der Waals surface area (Å²) in [5, 5.41) is 0. The van der Waals surface area contributed by atoms with E-state index >= 15 is 0 Å². The van der Waals surface area contributed by atoms with Crippen LogP contribution in [0.3, 0.4) is 0 Å². The third kappa shape index (κ3) is 4.44. The van der Waals surface area contributed by atoms with Crippen molar-refractivity contribution in [1.29, 1.82) is 0 Å². The van der Waals surface area contributed by atoms with Crippen molar-refractivity contribution in [3.8, 4) is 11.5 Å². The van der Waals surface area contributed by atoms with E-state index in [1.807, 2.05) is 0 Å². The van der Waals surface area contributed by atoms with Gasteiger partial charge in [0.25, 0.3) is 5.91 Å². The van der Waals surface area contributed by atoms with E-state index in [0.717, 1.165) is 4.90 Å². The van der Waals surface area contributed by atoms with E-state index < -0.39 is 25.0 Å². The second kappa shape index (κ2) is 6.55. The molecule has 0 aliphatic rings. The van der Waals surface area contributed by atoms with Gasteiger partial charge in [-0.2, -0.15) is 13.2 Å². The molecule has 0 saturated carbocycles. The van der Waals surface area contributed by atoms with Gasteiger partial charge in [-0.25, -0.2) is 0 Å². The molecule has 1 rings (SSSR count). The Morgan fingerprint density at radius 2 is 1.76 bits per heavy atom. The van der Waals surface area contributed by atoms with Crippen LogP contribution >= 0.6 is 0 Å². The summed E-state index contributed by atoms with van der Waals surface area (Å²) in [6.07, 6.45) is -5.40. The van der Waals surface area contributed by atoms with E-state index in [1.165, 1.54) is 33.4 Å². The van der Waals surface area contributed by atoms with Crippen molar-refractivity contribution in [2.45, 2.75) is 12.6 Å². The van der Waals surface area contributed by atoms with Crippen LogP contribution in [0.15, 0.2) is 12.1 Å². The molecule has 0 saturated heterocycles. The van der Waals surface area contributed by atoms with Gasteiger partial charge in [0, 0.05) is 25.3 Å². The van der Waals surface area contributed by atoms with Gasteiger partial charge in [0.05, 0.1) is 26.2 Å². The van der Waals surface area contributed by atoms with Gasteiger partial charge in [-0.1, -0.05) is 0 Å². The molecule has 0 spiro atoms. The maximum atomic E-state index is 12.2. The normalized spacial score (nSPS) is 11.1. The summed E-state index contributed by atoms with van der Waals surface area (Å²) in [6.45, 7) is -0.448. The molecular formula is C13H17F3N2O3. The van der Waals surface area contributed by atoms with Crippen LogP contribution in [-0.4, -0.2) is 44.8 Å². The smallest absolute Gasteiger partial charge is 0.390 e. The lowest BCUT2D eigenvalue weighted by molar-refractivity contribution is -0.136. The first-order chi connectivity index (χ1) is 9.69. The molecule has 0 fully saturated rings. The predicted molar refractivity (Wildman–Crippen MR) is 71.6 cm³/mol. The van der Waals surface area contributed by atoms with Crippen LogP contribution in [-0.2, 0) is 0 Å². The van der Waals surface area contributed by atoms with E-state index in [4.69, 9.17) is 15.2 Å². The van der Waals surface area contributed by atoms with Gasteiger partial charge in [-0.15, -0.1) is 0 Å². The third-order valence-electron chi connectivity index (χ3n) is 2.86. The van der Waals surface area contributed by atoms with E-state index in [1.54, 1.807) is 0 Å². The Labute approximate surface area is 120 Å². The zero-order chi connectivity index (χ0) is 16.2. The number of carbonyl (C=O) groups excluding carboxylic acids is 1. The molecule has 0 aliphatic heterocycles. The molecule has 0 bridgehead atoms. The largest absolute Gasteiger partial charge is 0.493 e. The Balaban J connectivity index is 2.96. The molecular weight excluding hydrogens is 289 g/mol. The number of halogens is 3. The van der Waals surface area contributed by atoms with E-state index in [9.17, 15) is 18.0 Å². The quantitative estimate of drug-likeness (QED) is 0.848. The molecule has 8 heteroatoms. The first-order valence-electron chi connectivity index (χ1n) is 6.03. The number of methoxy groups -OCH3 is 2. The molecule has 21 heavy (non-hydrogen) atoms. The van der Waals surface area contributed by atoms with Gasteiger partial charge in [-0.05, 0) is 6.07 Å². The van der Waals surface area contributed by atoms with Crippen molar-refractivity contribution in [2.24, 2.45) is 0 Å². The number of nitrogen functional groups attached to an aromatic ring is 1. The molecule has 0 radical (unpaired) electrons. The van der Waals surface area contributed by atoms with Gasteiger partial charge in [-0.3, -0.25) is 4.79 Å². The fourth-order valence-electron chi connectivity index (χ4n) is 1.68. The lowest BCUT2D eigenvalue weighted by Gasteiger charge is -2.20. The van der Waals surface area contributed by atoms with Crippen LogP contribution in [0.2, 0.25) is 0 Å². The van der Waals surface area contributed by atoms with Crippen molar-refractivity contribution in [3.05, 3.63) is 17.7 Å². The molecule has 5 nitrogen and oxygen atoms in total. The van der Waals surface area contributed by atoms with Crippen molar-refractivity contribution in [3.63, 3.8) is 0 Å². The molecule has 1 aromatic carbocycles. The standard InChI is InChI=1S/C13H17F3N2O3/c1-18(5-4-13(14,15)16)12(19)8-6-10(20-2)11(21-3)7-9(8)17/h6-7H,4-5,17H2,1-3H3. The van der Waals surface area contributed by atoms with Crippen LogP contribution in [0.25, 0.3) is 0 Å². The molecule has 0 heterocycles. The van der Waals surface area contributed by atoms with Crippen molar-refractivity contribution < 1.29 is 27.4 Å². The zero-order valence-electron chi connectivity index (χ0n) is 12.0. The van der Waals surface area contributed by atoms with Crippen molar-refractivity contribution >= 4 is 11.6 Å². The molecule has 118 valence electrons. The number of hydrogen-bond acceptors (Lipinski definition) is 4. The Bertz CT molecular complexity index is 518. The molecule has 0 aliphatic carbocycles. The number of amides is 1. The monoisotopic (exact) mass is 306 g/mol. The average molecular weight is 306 g/mol. The van der Waals surface area contributed by atoms with Gasteiger partial charge in [0.1, 0.15) is 0 Å². The number of nitrogens with two attached hydrogens (primary N) is 1. The molecule has 0 atom stereocenters. The lowest BCUT2D eigenvalue weighted by Crippen LogP contribution is -2.31. The number of ether oxygens (including phenoxy) is 2. The van der Waals surface area contributed by atoms with Gasteiger partial charge < -0.3 is 20.1 Å². The minimum Gasteiger partial charge on any atom is -0.493 e. The van der Waals surface area contributed by atoms with E-state index in [0.29, 0.717) is 5.75 Å². The lowest BCUT2D eigenvalue weighted by atomic mass is 10.1. The first kappa shape index (κ1) is 16.9. The number of nitrogens with zero attached hydrogens (tertiary/aromatic N) is 1. The van der Waals surface area contributed by atoms with Gasteiger partial charge >= 0.3 is 6.18 Å². The molecule has 0 aromatic heterocycles. The maximum Gasteiger partial charge on any atom is 0.390 e. The minimum atomic E-state index is -4.32. The highest BCUT2D eigenvalue weighted by atomic mass is 19.4. The Kier molecular flexibility index (Phi) is 5.28. The Morgan fingerprint density at radius 3 is 2.24 bits per heavy atom. The number of rotatable bonds is 5. The van der Waals surface area contributed by atoms with Crippen molar-refractivity contribution in [2.75, 3.05) is 33.5 Å². The van der Waals surface area contributed by atoms with Crippen LogP contribution in [0, 0.1) is 0 Å². The number of alkyl halides is 3.